The van der Waals surface area contributed by atoms with Crippen LogP contribution in [-0.2, 0) is 24.1 Å². The molecule has 0 atom stereocenters. The molecule has 0 heterocycles. The molecule has 0 bridgehead atoms. The summed E-state index contributed by atoms with van der Waals surface area (Å²) in [7, 11) is 0.338. The Morgan fingerprint density at radius 2 is 0.571 bits per heavy atom. The Kier molecular flexibility index (Phi) is 22.5. The van der Waals surface area contributed by atoms with E-state index in [1.807, 2.05) is 0 Å². The average molecular weight is 729 g/mol. The molecule has 6 rings (SSSR count). The Bertz CT molecular complexity index is 523. The van der Waals surface area contributed by atoms with E-state index in [4.69, 9.17) is 4.65 Å². The monoisotopic (exact) mass is 729 g/mol. The summed E-state index contributed by atoms with van der Waals surface area (Å²) >= 11 is 0. The third-order valence-electron chi connectivity index (χ3n) is 12.2. The van der Waals surface area contributed by atoms with Gasteiger partial charge in [-0.25, -0.2) is 0 Å². The first-order valence-corrected chi connectivity index (χ1v) is 22.0. The molecule has 1 nitrogen and oxygen atoms in total. The van der Waals surface area contributed by atoms with Gasteiger partial charge in [-0.15, -0.1) is 12.4 Å². The van der Waals surface area contributed by atoms with E-state index in [2.05, 4.69) is 6.65 Å². The van der Waals surface area contributed by atoms with Crippen molar-refractivity contribution in [1.82, 2.24) is 0 Å². The fourth-order valence-corrected chi connectivity index (χ4v) is 20.2. The van der Waals surface area contributed by atoms with Gasteiger partial charge < -0.3 is 0 Å². The van der Waals surface area contributed by atoms with Gasteiger partial charge in [0.1, 0.15) is 0 Å². The van der Waals surface area contributed by atoms with Gasteiger partial charge in [-0.3, -0.25) is 0 Å². The normalized spacial score (nSPS) is 26.2. The Morgan fingerprint density at radius 1 is 0.381 bits per heavy atom. The van der Waals surface area contributed by atoms with Crippen LogP contribution in [0.3, 0.4) is 0 Å². The molecule has 6 saturated carbocycles. The van der Waals surface area contributed by atoms with E-state index in [-0.39, 0.29) is 41.2 Å². The molecule has 5 heteroatoms. The SMILES string of the molecule is C1CCC(P(C2CCCCC2)C2CCCCC2)CC1.C1CCC([PH+](C2CCCCC2)C2CCCCC2)CC1.Cl.[C-]#[O+].[HH].[Ru]. The maximum atomic E-state index is 7.50. The zero-order valence-corrected chi connectivity index (χ0v) is 31.7. The van der Waals surface area contributed by atoms with Crippen LogP contribution in [0.5, 0.6) is 0 Å². The van der Waals surface area contributed by atoms with Crippen LogP contribution in [0.4, 0.5) is 0 Å². The van der Waals surface area contributed by atoms with Crippen LogP contribution in [-0.4, -0.2) is 34.0 Å². The fraction of sp³-hybridized carbons (Fsp3) is 0.973. The minimum atomic E-state index is -0.0465. The molecule has 0 aromatic rings. The first-order valence-electron chi connectivity index (χ1n) is 18.7. The Morgan fingerprint density at radius 3 is 0.786 bits per heavy atom. The molecule has 0 amide bonds. The summed E-state index contributed by atoms with van der Waals surface area (Å²) in [5, 5.41) is 0. The van der Waals surface area contributed by atoms with E-state index >= 15 is 0 Å². The summed E-state index contributed by atoms with van der Waals surface area (Å²) in [6.07, 6.45) is 47.4. The average Bonchev–Trinajstić information content (AvgIpc) is 3.06. The van der Waals surface area contributed by atoms with Crippen LogP contribution < -0.4 is 0 Å². The first-order chi connectivity index (χ1) is 19.9. The van der Waals surface area contributed by atoms with Gasteiger partial charge in [0.2, 0.25) is 0 Å². The van der Waals surface area contributed by atoms with E-state index < -0.39 is 0 Å². The van der Waals surface area contributed by atoms with Gasteiger partial charge in [-0.1, -0.05) is 85.0 Å². The number of halogens is 1. The predicted octanol–water partition coefficient (Wildman–Crippen LogP) is 13.3. The van der Waals surface area contributed by atoms with Crippen molar-refractivity contribution in [1.29, 1.82) is 0 Å². The van der Waals surface area contributed by atoms with Crippen molar-refractivity contribution in [2.45, 2.75) is 227 Å². The second-order valence-electron chi connectivity index (χ2n) is 14.8. The second-order valence-corrected chi connectivity index (χ2v) is 21.4. The van der Waals surface area contributed by atoms with Crippen LogP contribution >= 0.6 is 28.3 Å². The molecule has 0 N–H and O–H groups in total. The van der Waals surface area contributed by atoms with E-state index in [1.54, 1.807) is 173 Å². The molecule has 0 aliphatic heterocycles. The van der Waals surface area contributed by atoms with Gasteiger partial charge in [0.15, 0.2) is 0 Å². The van der Waals surface area contributed by atoms with Crippen molar-refractivity contribution in [3.63, 3.8) is 0 Å². The molecule has 0 aromatic heterocycles. The largest absolute Gasteiger partial charge is 0 e. The predicted molar refractivity (Wildman–Crippen MR) is 190 cm³/mol. The minimum Gasteiger partial charge on any atom is 0 e. The Labute approximate surface area is 285 Å². The van der Waals surface area contributed by atoms with Crippen LogP contribution in [0.15, 0.2) is 0 Å². The number of rotatable bonds is 6. The molecular formula is C37H70ClOP2Ru+. The van der Waals surface area contributed by atoms with E-state index in [0.29, 0.717) is 7.92 Å². The molecule has 42 heavy (non-hydrogen) atoms. The standard InChI is InChI=1S/2C18H33P.CO.ClH.Ru.H2/c2*1-4-10-16(11-5-1)19(17-12-6-2-7-13-17)18-14-8-3-9-15-18;1-2;;;/h2*16-18H,1-15H2;;1H;;1H/p+1. The first kappa shape index (κ1) is 39.7. The maximum Gasteiger partial charge on any atom is 0 e. The van der Waals surface area contributed by atoms with E-state index in [1.165, 1.54) is 53.2 Å². The summed E-state index contributed by atoms with van der Waals surface area (Å²) < 4.78 is 7.50. The maximum absolute atomic E-state index is 7.50. The van der Waals surface area contributed by atoms with Crippen molar-refractivity contribution in [2.24, 2.45) is 0 Å². The molecule has 0 radical (unpaired) electrons. The fourth-order valence-electron chi connectivity index (χ4n) is 10.3. The number of hydrogen-bond donors (Lipinski definition) is 0. The van der Waals surface area contributed by atoms with Crippen molar-refractivity contribution in [3.8, 4) is 0 Å². The van der Waals surface area contributed by atoms with Crippen molar-refractivity contribution in [2.75, 3.05) is 0 Å². The third kappa shape index (κ3) is 12.6. The molecule has 6 aliphatic rings. The summed E-state index contributed by atoms with van der Waals surface area (Å²) in [5.74, 6) is 0. The van der Waals surface area contributed by atoms with Crippen molar-refractivity contribution in [3.05, 3.63) is 6.65 Å². The second kappa shape index (κ2) is 23.8. The minimum absolute atomic E-state index is 0. The molecule has 248 valence electrons. The van der Waals surface area contributed by atoms with Crippen molar-refractivity contribution >= 4 is 28.3 Å². The van der Waals surface area contributed by atoms with Gasteiger partial charge in [0.05, 0.1) is 17.0 Å². The molecule has 0 aromatic carbocycles. The Balaban J connectivity index is 0.000000381. The van der Waals surface area contributed by atoms with Gasteiger partial charge >= 0.3 is 11.3 Å². The van der Waals surface area contributed by atoms with E-state index in [0.717, 1.165) is 0 Å². The summed E-state index contributed by atoms with van der Waals surface area (Å²) in [6.45, 7) is 4.50. The van der Waals surface area contributed by atoms with Gasteiger partial charge in [0, 0.05) is 28.8 Å². The number of hydrogen-bond acceptors (Lipinski definition) is 0. The summed E-state index contributed by atoms with van der Waals surface area (Å²) in [6, 6.07) is 0. The van der Waals surface area contributed by atoms with E-state index in [9.17, 15) is 0 Å². The molecule has 6 fully saturated rings. The molecule has 0 saturated heterocycles. The molecular weight excluding hydrogens is 659 g/mol. The quantitative estimate of drug-likeness (QED) is 0.112. The van der Waals surface area contributed by atoms with Crippen LogP contribution in [0.25, 0.3) is 0 Å². The van der Waals surface area contributed by atoms with Gasteiger partial charge in [-0.2, -0.15) is 0 Å². The molecule has 0 unspecified atom stereocenters. The third-order valence-corrected chi connectivity index (χ3v) is 20.9. The molecule has 0 spiro atoms. The van der Waals surface area contributed by atoms with Gasteiger partial charge in [-0.05, 0) is 133 Å². The zero-order valence-electron chi connectivity index (χ0n) is 27.3. The smallest absolute Gasteiger partial charge is 0 e. The summed E-state index contributed by atoms with van der Waals surface area (Å²) in [5.41, 5.74) is 7.25. The Hall–Kier alpha value is 1.51. The topological polar surface area (TPSA) is 19.9 Å². The van der Waals surface area contributed by atoms with Crippen LogP contribution in [0, 0.1) is 6.65 Å². The van der Waals surface area contributed by atoms with Crippen LogP contribution in [0.1, 0.15) is 194 Å². The van der Waals surface area contributed by atoms with Crippen molar-refractivity contribution < 1.29 is 25.6 Å². The molecule has 6 aliphatic carbocycles. The zero-order chi connectivity index (χ0) is 27.8. The van der Waals surface area contributed by atoms with Gasteiger partial charge in [0.25, 0.3) is 0 Å². The van der Waals surface area contributed by atoms with Crippen LogP contribution in [0.2, 0.25) is 0 Å². The summed E-state index contributed by atoms with van der Waals surface area (Å²) in [4.78, 5) is 0.